The van der Waals surface area contributed by atoms with Gasteiger partial charge in [-0.3, -0.25) is 9.59 Å². The van der Waals surface area contributed by atoms with E-state index in [1.807, 2.05) is 0 Å². The van der Waals surface area contributed by atoms with Gasteiger partial charge in [-0.2, -0.15) is 0 Å². The lowest BCUT2D eigenvalue weighted by atomic mass is 9.97. The predicted octanol–water partition coefficient (Wildman–Crippen LogP) is -6.45. The molecule has 13 nitrogen and oxygen atoms in total. The van der Waals surface area contributed by atoms with Crippen LogP contribution in [0.1, 0.15) is 6.92 Å². The third kappa shape index (κ3) is 7.71. The number of carbonyl (C=O) groups excluding carboxylic acids is 2. The molecule has 0 spiro atoms. The van der Waals surface area contributed by atoms with Gasteiger partial charge in [0, 0.05) is 6.92 Å². The number of hydrogen-bond donors (Lipinski definition) is 10. The highest BCUT2D eigenvalue weighted by Crippen LogP contribution is 2.19. The van der Waals surface area contributed by atoms with Crippen LogP contribution in [0.5, 0.6) is 0 Å². The van der Waals surface area contributed by atoms with Crippen LogP contribution >= 0.6 is 0 Å². The molecule has 1 aliphatic heterocycles. The molecule has 1 amide bonds. The normalized spacial score (nSPS) is 31.1. The van der Waals surface area contributed by atoms with Crippen molar-refractivity contribution in [3.63, 3.8) is 0 Å². The fourth-order valence-electron chi connectivity index (χ4n) is 2.09. The molecule has 1 rings (SSSR count). The maximum Gasteiger partial charge on any atom is 0.217 e. The molecule has 4 unspecified atom stereocenters. The Labute approximate surface area is 154 Å². The van der Waals surface area contributed by atoms with Gasteiger partial charge in [-0.15, -0.1) is 0 Å². The lowest BCUT2D eigenvalue weighted by Gasteiger charge is -2.40. The van der Waals surface area contributed by atoms with Gasteiger partial charge in [0.05, 0.1) is 13.2 Å². The third-order valence-corrected chi connectivity index (χ3v) is 3.66. The summed E-state index contributed by atoms with van der Waals surface area (Å²) in [4.78, 5) is 21.3. The zero-order chi connectivity index (χ0) is 21.3. The molecule has 1 heterocycles. The van der Waals surface area contributed by atoms with Crippen LogP contribution in [0.4, 0.5) is 0 Å². The van der Waals surface area contributed by atoms with Crippen molar-refractivity contribution in [1.29, 1.82) is 0 Å². The van der Waals surface area contributed by atoms with Crippen LogP contribution in [0.15, 0.2) is 0 Å². The molecule has 0 aliphatic carbocycles. The number of Topliss-reactive ketones (excluding diaryl/α,β-unsaturated/α-hetero) is 1. The first-order valence-electron chi connectivity index (χ1n) is 7.87. The highest BCUT2D eigenvalue weighted by molar-refractivity contribution is 5.84. The summed E-state index contributed by atoms with van der Waals surface area (Å²) in [6.45, 7) is -1.00. The van der Waals surface area contributed by atoms with Gasteiger partial charge in [-0.1, -0.05) is 0 Å². The largest absolute Gasteiger partial charge is 0.394 e. The second-order valence-corrected chi connectivity index (χ2v) is 5.76. The first-order valence-corrected chi connectivity index (χ1v) is 7.87. The lowest BCUT2D eigenvalue weighted by Crippen LogP contribution is -2.63. The van der Waals surface area contributed by atoms with Crippen molar-refractivity contribution in [2.45, 2.75) is 55.9 Å². The molecular weight excluding hydrogens is 374 g/mol. The number of aliphatic hydroxyl groups excluding tert-OH is 9. The summed E-state index contributed by atoms with van der Waals surface area (Å²) >= 11 is 0. The van der Waals surface area contributed by atoms with Gasteiger partial charge in [0.2, 0.25) is 5.91 Å². The van der Waals surface area contributed by atoms with Crippen molar-refractivity contribution in [2.24, 2.45) is 0 Å². The minimum atomic E-state index is -1.86. The summed E-state index contributed by atoms with van der Waals surface area (Å²) in [6, 6.07) is -1.10. The van der Waals surface area contributed by atoms with Crippen molar-refractivity contribution in [1.82, 2.24) is 5.32 Å². The molecule has 0 radical (unpaired) electrons. The van der Waals surface area contributed by atoms with E-state index in [-0.39, 0.29) is 0 Å². The number of aliphatic hydroxyl groups is 9. The van der Waals surface area contributed by atoms with Crippen molar-refractivity contribution < 1.29 is 60.3 Å². The molecule has 1 saturated heterocycles. The zero-order valence-corrected chi connectivity index (χ0v) is 14.5. The third-order valence-electron chi connectivity index (χ3n) is 3.66. The maximum absolute atomic E-state index is 10.7. The van der Waals surface area contributed by atoms with E-state index in [1.54, 1.807) is 0 Å². The molecule has 0 aromatic carbocycles. The fraction of sp³-hybridized carbons (Fsp3) is 0.857. The molecule has 0 aromatic rings. The first kappa shape index (κ1) is 25.7. The Hall–Kier alpha value is -1.26. The summed E-state index contributed by atoms with van der Waals surface area (Å²) in [5.74, 6) is -1.47. The van der Waals surface area contributed by atoms with Gasteiger partial charge in [0.25, 0.3) is 0 Å². The van der Waals surface area contributed by atoms with Crippen LogP contribution < -0.4 is 5.32 Å². The second kappa shape index (κ2) is 12.2. The molecule has 0 aromatic heterocycles. The van der Waals surface area contributed by atoms with Crippen LogP contribution in [0.25, 0.3) is 0 Å². The van der Waals surface area contributed by atoms with Crippen molar-refractivity contribution in [3.8, 4) is 0 Å². The predicted molar refractivity (Wildman–Crippen MR) is 84.8 cm³/mol. The van der Waals surface area contributed by atoms with Crippen molar-refractivity contribution in [2.75, 3.05) is 19.8 Å². The number of ether oxygens (including phenoxy) is 1. The van der Waals surface area contributed by atoms with Crippen LogP contribution in [0, 0.1) is 0 Å². The molecule has 1 fully saturated rings. The Morgan fingerprint density at radius 2 is 1.59 bits per heavy atom. The summed E-state index contributed by atoms with van der Waals surface area (Å²) in [5, 5.41) is 82.5. The van der Waals surface area contributed by atoms with Crippen molar-refractivity contribution in [3.05, 3.63) is 0 Å². The zero-order valence-electron chi connectivity index (χ0n) is 14.5. The molecule has 0 bridgehead atoms. The Bertz CT molecular complexity index is 463. The number of rotatable bonds is 7. The SMILES string of the molecule is CC(=O)N[C@H]1C(O)O[C@H](CO)[C@@H](O)[C@@H]1O.O=C(CO)C(O)C(O)C(O)CO. The van der Waals surface area contributed by atoms with Gasteiger partial charge in [-0.05, 0) is 0 Å². The highest BCUT2D eigenvalue weighted by Gasteiger charge is 2.43. The minimum absolute atomic E-state index is 0.462. The first-order chi connectivity index (χ1) is 12.5. The summed E-state index contributed by atoms with van der Waals surface area (Å²) < 4.78 is 4.81. The standard InChI is InChI=1S/C8H15NO6.C6H12O6/c1-3(11)9-5-7(13)6(12)4(2-10)15-8(5)14;7-1-3(9)5(11)6(12)4(10)2-8/h4-8,10,12-14H,2H2,1H3,(H,9,11);3,5-9,11-12H,1-2H2/t4-,5-,6-,7-,8?;/m1./s1. The topological polar surface area (TPSA) is 237 Å². The van der Waals surface area contributed by atoms with Crippen LogP contribution in [0.2, 0.25) is 0 Å². The minimum Gasteiger partial charge on any atom is -0.394 e. The van der Waals surface area contributed by atoms with Crippen molar-refractivity contribution >= 4 is 11.7 Å². The van der Waals surface area contributed by atoms with E-state index >= 15 is 0 Å². The number of ketones is 1. The van der Waals surface area contributed by atoms with Gasteiger partial charge in [-0.25, -0.2) is 0 Å². The van der Waals surface area contributed by atoms with E-state index in [0.717, 1.165) is 0 Å². The number of hydrogen-bond acceptors (Lipinski definition) is 12. The summed E-state index contributed by atoms with van der Waals surface area (Å²) in [6.07, 6.45) is -10.5. The Morgan fingerprint density at radius 1 is 1.04 bits per heavy atom. The quantitative estimate of drug-likeness (QED) is 0.192. The Kier molecular flexibility index (Phi) is 11.7. The number of amides is 1. The van der Waals surface area contributed by atoms with Gasteiger partial charge in [0.1, 0.15) is 49.3 Å². The molecule has 0 saturated carbocycles. The average Bonchev–Trinajstić information content (AvgIpc) is 2.65. The molecule has 1 aliphatic rings. The van der Waals surface area contributed by atoms with E-state index in [2.05, 4.69) is 5.32 Å². The van der Waals surface area contributed by atoms with E-state index in [9.17, 15) is 24.9 Å². The molecule has 10 N–H and O–H groups in total. The van der Waals surface area contributed by atoms with Gasteiger partial charge in [0.15, 0.2) is 12.1 Å². The van der Waals surface area contributed by atoms with E-state index < -0.39 is 80.5 Å². The molecule has 160 valence electrons. The Balaban J connectivity index is 0.000000516. The van der Waals surface area contributed by atoms with Crippen LogP contribution in [-0.2, 0) is 14.3 Å². The molecule has 13 heteroatoms. The molecular formula is C14H27NO12. The van der Waals surface area contributed by atoms with E-state index in [1.165, 1.54) is 6.92 Å². The highest BCUT2D eigenvalue weighted by atomic mass is 16.6. The number of carbonyl (C=O) groups is 2. The summed E-state index contributed by atoms with van der Waals surface area (Å²) in [7, 11) is 0. The van der Waals surface area contributed by atoms with Crippen LogP contribution in [0.3, 0.4) is 0 Å². The van der Waals surface area contributed by atoms with E-state index in [4.69, 9.17) is 35.4 Å². The van der Waals surface area contributed by atoms with Crippen LogP contribution in [-0.4, -0.2) is 126 Å². The second-order valence-electron chi connectivity index (χ2n) is 5.76. The fourth-order valence-corrected chi connectivity index (χ4v) is 2.09. The van der Waals surface area contributed by atoms with Gasteiger partial charge >= 0.3 is 0 Å². The monoisotopic (exact) mass is 401 g/mol. The maximum atomic E-state index is 10.7. The molecule has 8 atom stereocenters. The lowest BCUT2D eigenvalue weighted by molar-refractivity contribution is -0.253. The number of nitrogens with one attached hydrogen (secondary N) is 1. The average molecular weight is 401 g/mol. The smallest absolute Gasteiger partial charge is 0.217 e. The summed E-state index contributed by atoms with van der Waals surface area (Å²) in [5.41, 5.74) is 0. The van der Waals surface area contributed by atoms with Gasteiger partial charge < -0.3 is 56.0 Å². The molecule has 27 heavy (non-hydrogen) atoms. The Morgan fingerprint density at radius 3 is 2.00 bits per heavy atom. The van der Waals surface area contributed by atoms with E-state index in [0.29, 0.717) is 0 Å².